The molecule has 2 aromatic rings. The van der Waals surface area contributed by atoms with Crippen LogP contribution in [0.3, 0.4) is 0 Å². The fourth-order valence-electron chi connectivity index (χ4n) is 1.81. The Morgan fingerprint density at radius 1 is 1.08 bits per heavy atom. The standard InChI is InChI=1S/C15H13F2N3O3S/c16-15(17)24-13-7-3-11(4-8-13)19-14(21)9-18-10-1-5-12(6-2-10)20(22)23/h1-8,15,18H,9H2,(H,19,21). The van der Waals surface area contributed by atoms with Gasteiger partial charge in [0.05, 0.1) is 11.5 Å². The average Bonchev–Trinajstić information content (AvgIpc) is 2.54. The zero-order valence-electron chi connectivity index (χ0n) is 12.2. The number of halogens is 2. The number of nitrogens with one attached hydrogen (secondary N) is 2. The third-order valence-electron chi connectivity index (χ3n) is 2.89. The van der Waals surface area contributed by atoms with E-state index in [-0.39, 0.29) is 18.1 Å². The molecular formula is C15H13F2N3O3S. The van der Waals surface area contributed by atoms with Crippen molar-refractivity contribution >= 4 is 34.7 Å². The van der Waals surface area contributed by atoms with Crippen LogP contribution in [0.5, 0.6) is 0 Å². The van der Waals surface area contributed by atoms with Gasteiger partial charge in [0.1, 0.15) is 0 Å². The summed E-state index contributed by atoms with van der Waals surface area (Å²) in [6, 6.07) is 11.7. The molecule has 6 nitrogen and oxygen atoms in total. The van der Waals surface area contributed by atoms with Crippen molar-refractivity contribution in [1.82, 2.24) is 0 Å². The fourth-order valence-corrected chi connectivity index (χ4v) is 2.31. The van der Waals surface area contributed by atoms with E-state index in [2.05, 4.69) is 10.6 Å². The molecule has 0 saturated carbocycles. The van der Waals surface area contributed by atoms with Gasteiger partial charge in [0.2, 0.25) is 5.91 Å². The molecule has 126 valence electrons. The van der Waals surface area contributed by atoms with E-state index in [1.54, 1.807) is 0 Å². The number of nitrogens with zero attached hydrogens (tertiary/aromatic N) is 1. The lowest BCUT2D eigenvalue weighted by atomic mass is 10.3. The van der Waals surface area contributed by atoms with Crippen molar-refractivity contribution in [1.29, 1.82) is 0 Å². The first kappa shape index (κ1) is 17.7. The zero-order valence-corrected chi connectivity index (χ0v) is 13.1. The molecule has 0 aromatic heterocycles. The van der Waals surface area contributed by atoms with Crippen molar-refractivity contribution in [3.05, 3.63) is 58.6 Å². The van der Waals surface area contributed by atoms with Crippen LogP contribution < -0.4 is 10.6 Å². The lowest BCUT2D eigenvalue weighted by molar-refractivity contribution is -0.384. The molecule has 0 aliphatic carbocycles. The third kappa shape index (κ3) is 5.51. The second-order valence-corrected chi connectivity index (χ2v) is 5.67. The maximum absolute atomic E-state index is 12.2. The molecule has 1 amide bonds. The summed E-state index contributed by atoms with van der Waals surface area (Å²) in [5.41, 5.74) is 1.02. The van der Waals surface area contributed by atoms with Gasteiger partial charge in [-0.3, -0.25) is 14.9 Å². The van der Waals surface area contributed by atoms with Crippen LogP contribution in [0.1, 0.15) is 0 Å². The van der Waals surface area contributed by atoms with Gasteiger partial charge in [-0.2, -0.15) is 8.78 Å². The third-order valence-corrected chi connectivity index (χ3v) is 3.62. The Morgan fingerprint density at radius 2 is 1.67 bits per heavy atom. The number of anilines is 2. The Morgan fingerprint density at radius 3 is 2.21 bits per heavy atom. The van der Waals surface area contributed by atoms with Crippen molar-refractivity contribution in [3.8, 4) is 0 Å². The second-order valence-electron chi connectivity index (χ2n) is 4.61. The molecule has 9 heteroatoms. The number of carbonyl (C=O) groups is 1. The van der Waals surface area contributed by atoms with Crippen LogP contribution in [0.15, 0.2) is 53.4 Å². The largest absolute Gasteiger partial charge is 0.376 e. The quantitative estimate of drug-likeness (QED) is 0.447. The topological polar surface area (TPSA) is 84.3 Å². The summed E-state index contributed by atoms with van der Waals surface area (Å²) >= 11 is 0.430. The Balaban J connectivity index is 1.83. The normalized spacial score (nSPS) is 10.5. The second kappa shape index (κ2) is 8.25. The average molecular weight is 353 g/mol. The summed E-state index contributed by atoms with van der Waals surface area (Å²) in [7, 11) is 0. The summed E-state index contributed by atoms with van der Waals surface area (Å²) < 4.78 is 24.4. The van der Waals surface area contributed by atoms with Crippen molar-refractivity contribution in [2.45, 2.75) is 10.7 Å². The maximum Gasteiger partial charge on any atom is 0.288 e. The van der Waals surface area contributed by atoms with Gasteiger partial charge >= 0.3 is 0 Å². The number of nitro groups is 1. The van der Waals surface area contributed by atoms with E-state index in [9.17, 15) is 23.7 Å². The number of alkyl halides is 2. The van der Waals surface area contributed by atoms with E-state index in [1.807, 2.05) is 0 Å². The van der Waals surface area contributed by atoms with Gasteiger partial charge in [-0.05, 0) is 36.4 Å². The monoisotopic (exact) mass is 353 g/mol. The van der Waals surface area contributed by atoms with E-state index >= 15 is 0 Å². The molecule has 2 N–H and O–H groups in total. The highest BCUT2D eigenvalue weighted by Gasteiger charge is 2.07. The SMILES string of the molecule is O=C(CNc1ccc([N+](=O)[O-])cc1)Nc1ccc(SC(F)F)cc1. The number of hydrogen-bond acceptors (Lipinski definition) is 5. The Hall–Kier alpha value is -2.68. The Labute approximate surface area is 140 Å². The summed E-state index contributed by atoms with van der Waals surface area (Å²) in [5.74, 6) is -2.82. The highest BCUT2D eigenvalue weighted by atomic mass is 32.2. The summed E-state index contributed by atoms with van der Waals surface area (Å²) in [4.78, 5) is 22.3. The van der Waals surface area contributed by atoms with Crippen LogP contribution in [-0.2, 0) is 4.79 Å². The number of benzene rings is 2. The molecule has 0 fully saturated rings. The number of nitro benzene ring substituents is 1. The van der Waals surface area contributed by atoms with Gasteiger partial charge in [-0.1, -0.05) is 11.8 Å². The van der Waals surface area contributed by atoms with E-state index in [0.717, 1.165) is 0 Å². The first-order valence-corrected chi connectivity index (χ1v) is 7.65. The van der Waals surface area contributed by atoms with Gasteiger partial charge in [0, 0.05) is 28.4 Å². The number of carbonyl (C=O) groups excluding carboxylic acids is 1. The smallest absolute Gasteiger partial charge is 0.288 e. The Kier molecular flexibility index (Phi) is 6.07. The number of hydrogen-bond donors (Lipinski definition) is 2. The number of amides is 1. The van der Waals surface area contributed by atoms with Crippen molar-refractivity contribution in [2.24, 2.45) is 0 Å². The molecule has 2 aromatic carbocycles. The van der Waals surface area contributed by atoms with Crippen LogP contribution in [0.25, 0.3) is 0 Å². The molecule has 0 aliphatic heterocycles. The molecule has 0 unspecified atom stereocenters. The molecule has 0 bridgehead atoms. The lowest BCUT2D eigenvalue weighted by Gasteiger charge is -2.08. The van der Waals surface area contributed by atoms with Crippen LogP contribution >= 0.6 is 11.8 Å². The van der Waals surface area contributed by atoms with Gasteiger partial charge in [-0.25, -0.2) is 0 Å². The number of thioether (sulfide) groups is 1. The molecule has 0 spiro atoms. The van der Waals surface area contributed by atoms with Crippen LogP contribution in [-0.4, -0.2) is 23.1 Å². The minimum Gasteiger partial charge on any atom is -0.376 e. The summed E-state index contributed by atoms with van der Waals surface area (Å²) in [6.07, 6.45) is 0. The van der Waals surface area contributed by atoms with E-state index in [4.69, 9.17) is 0 Å². The zero-order chi connectivity index (χ0) is 17.5. The molecule has 0 heterocycles. The van der Waals surface area contributed by atoms with Crippen LogP contribution in [0.4, 0.5) is 25.8 Å². The number of rotatable bonds is 7. The predicted octanol–water partition coefficient (Wildman–Crippen LogP) is 3.96. The van der Waals surface area contributed by atoms with Gasteiger partial charge in [-0.15, -0.1) is 0 Å². The van der Waals surface area contributed by atoms with Crippen LogP contribution in [0, 0.1) is 10.1 Å². The van der Waals surface area contributed by atoms with Crippen molar-refractivity contribution in [2.75, 3.05) is 17.2 Å². The maximum atomic E-state index is 12.2. The highest BCUT2D eigenvalue weighted by Crippen LogP contribution is 2.26. The first-order chi connectivity index (χ1) is 11.4. The molecule has 0 atom stereocenters. The molecular weight excluding hydrogens is 340 g/mol. The van der Waals surface area contributed by atoms with Crippen molar-refractivity contribution < 1.29 is 18.5 Å². The Bertz CT molecular complexity index is 709. The van der Waals surface area contributed by atoms with E-state index in [0.29, 0.717) is 28.0 Å². The molecule has 24 heavy (non-hydrogen) atoms. The summed E-state index contributed by atoms with van der Waals surface area (Å²) in [6.45, 7) is -0.0364. The van der Waals surface area contributed by atoms with Gasteiger partial charge in [0.25, 0.3) is 11.4 Å². The number of non-ortho nitro benzene ring substituents is 1. The molecule has 2 rings (SSSR count). The van der Waals surface area contributed by atoms with E-state index in [1.165, 1.54) is 48.5 Å². The van der Waals surface area contributed by atoms with Gasteiger partial charge in [0.15, 0.2) is 0 Å². The van der Waals surface area contributed by atoms with Crippen molar-refractivity contribution in [3.63, 3.8) is 0 Å². The molecule has 0 saturated heterocycles. The fraction of sp³-hybridized carbons (Fsp3) is 0.133. The highest BCUT2D eigenvalue weighted by molar-refractivity contribution is 7.99. The molecule has 0 radical (unpaired) electrons. The summed E-state index contributed by atoms with van der Waals surface area (Å²) in [5, 5.41) is 16.0. The van der Waals surface area contributed by atoms with Crippen LogP contribution in [0.2, 0.25) is 0 Å². The van der Waals surface area contributed by atoms with Gasteiger partial charge < -0.3 is 10.6 Å². The van der Waals surface area contributed by atoms with E-state index < -0.39 is 10.7 Å². The minimum atomic E-state index is -2.49. The molecule has 0 aliphatic rings. The predicted molar refractivity (Wildman–Crippen MR) is 88.5 cm³/mol. The lowest BCUT2D eigenvalue weighted by Crippen LogP contribution is -2.21. The first-order valence-electron chi connectivity index (χ1n) is 6.77. The minimum absolute atomic E-state index is 0.0354.